The highest BCUT2D eigenvalue weighted by atomic mass is 127. The number of likely N-dealkylation sites (N-methyl/N-ethyl adjacent to an activating group) is 7. The molecule has 25 nitrogen and oxygen atoms in total. The van der Waals surface area contributed by atoms with Crippen molar-refractivity contribution >= 4 is 87.6 Å². The summed E-state index contributed by atoms with van der Waals surface area (Å²) in [4.78, 5) is 180. The zero-order valence-corrected chi connectivity index (χ0v) is 68.5. The Morgan fingerprint density at radius 1 is 0.761 bits per heavy atom. The first-order chi connectivity index (χ1) is 51.4. The summed E-state index contributed by atoms with van der Waals surface area (Å²) in [5.74, 6) is -8.06. The molecule has 2 saturated carbocycles. The Morgan fingerprint density at radius 3 is 2.04 bits per heavy atom. The molecule has 3 N–H and O–H groups in total. The number of rotatable bonds is 18. The fourth-order valence-corrected chi connectivity index (χ4v) is 16.9. The van der Waals surface area contributed by atoms with Crippen molar-refractivity contribution in [3.05, 3.63) is 87.5 Å². The van der Waals surface area contributed by atoms with Crippen molar-refractivity contribution in [2.75, 3.05) is 102 Å². The predicted molar refractivity (Wildman–Crippen MR) is 416 cm³/mol. The Kier molecular flexibility index (Phi) is 32.1. The summed E-state index contributed by atoms with van der Waals surface area (Å²) < 4.78 is 54.9. The number of fused-ring (bicyclic) bond motifs is 3. The second kappa shape index (κ2) is 39.5. The van der Waals surface area contributed by atoms with Gasteiger partial charge >= 0.3 is 6.18 Å². The number of carbonyl (C=O) groups excluding carboxylic acids is 11. The van der Waals surface area contributed by atoms with Gasteiger partial charge in [0.05, 0.1) is 49.9 Å². The van der Waals surface area contributed by atoms with Crippen LogP contribution in [0.15, 0.2) is 67.3 Å². The molecule has 109 heavy (non-hydrogen) atoms. The fraction of sp³-hybridized carbons (Fsp3) is 0.662. The maximum atomic E-state index is 15.8. The number of alkyl halides is 3. The highest BCUT2D eigenvalue weighted by Crippen LogP contribution is 2.49. The van der Waals surface area contributed by atoms with Crippen molar-refractivity contribution in [1.29, 1.82) is 0 Å². The van der Waals surface area contributed by atoms with E-state index in [1.165, 1.54) is 81.7 Å². The van der Waals surface area contributed by atoms with E-state index in [9.17, 15) is 32.3 Å². The number of nitrogens with zero attached hydrogens (tertiary/aromatic N) is 9. The quantitative estimate of drug-likeness (QED) is 0.0754. The van der Waals surface area contributed by atoms with Crippen LogP contribution in [-0.4, -0.2) is 271 Å². The maximum Gasteiger partial charge on any atom is 0.419 e. The van der Waals surface area contributed by atoms with E-state index in [0.717, 1.165) is 34.5 Å². The summed E-state index contributed by atoms with van der Waals surface area (Å²) >= 11 is 2.15. The van der Waals surface area contributed by atoms with Crippen LogP contribution >= 0.6 is 22.6 Å². The molecule has 3 heterocycles. The van der Waals surface area contributed by atoms with E-state index in [-0.39, 0.29) is 82.6 Å². The molecular formula is C80H118F3IN12O13. The van der Waals surface area contributed by atoms with Crippen molar-refractivity contribution in [1.82, 2.24) is 60.0 Å². The van der Waals surface area contributed by atoms with Gasteiger partial charge in [-0.05, 0) is 167 Å². The number of nitrogens with one attached hydrogen (secondary N) is 3. The third-order valence-corrected chi connectivity index (χ3v) is 23.4. The van der Waals surface area contributed by atoms with Crippen molar-refractivity contribution in [3.63, 3.8) is 0 Å². The Morgan fingerprint density at radius 2 is 1.42 bits per heavy atom. The number of methoxy groups -OCH3 is 1. The molecule has 2 aliphatic carbocycles. The van der Waals surface area contributed by atoms with E-state index < -0.39 is 168 Å². The number of unbranched alkanes of at least 4 members (excludes halogenated alkanes) is 2. The predicted octanol–water partition coefficient (Wildman–Crippen LogP) is 7.25. The van der Waals surface area contributed by atoms with Gasteiger partial charge in [-0.25, -0.2) is 0 Å². The van der Waals surface area contributed by atoms with Crippen LogP contribution in [0.4, 0.5) is 13.2 Å². The number of allylic oxidation sites excluding steroid dienone is 1. The number of ether oxygens (including phenoxy) is 2. The number of hydrogen-bond donors (Lipinski definition) is 3. The molecule has 5 aliphatic rings. The van der Waals surface area contributed by atoms with Crippen LogP contribution in [-0.2, 0) is 76.5 Å². The van der Waals surface area contributed by atoms with Crippen molar-refractivity contribution in [2.45, 2.75) is 223 Å². The van der Waals surface area contributed by atoms with Gasteiger partial charge < -0.3 is 64.6 Å². The number of hydrogen-bond acceptors (Lipinski definition) is 14. The number of carbonyl (C=O) groups is 11. The number of aryl methyl sites for hydroxylation is 1. The summed E-state index contributed by atoms with van der Waals surface area (Å²) in [6.07, 6.45) is 5.49. The standard InChI is InChI=1S/C80H118F3IN12O13/c1-16-20-21-23-30-59-70(100)86-68(51(5)17-2)76(106)90(10)47-67(99)93(13)60-31-24-22-27-40-95(75(60)105)63(41-52-32-36-55(84)37-33-52)74(104)89(9)46-65(97)85-58(39-35-53-34-38-57(80(81,82)83)64(42-53)108-15)72(102)96-45-56(109-19-4)43-61(96)71(101)87-79(48-78(6,7)49-79)50-91(11)69(54-28-25-26-29-54)77(107)94(14)62(44-66(98)92(59)12)73(103)88(8)18-3/h16,22,24,32-34,36-38,42,51,54,56,58-63,68-69H,1,17-21,23,25-31,35,39-41,43-50H2,2-15H3,(H,85,97)(H,86,100)(H,87,101)/b24-22-/t51-,56+,58-,59-,60-,61-,62-,63-,68-,69-/m0/s1. The van der Waals surface area contributed by atoms with Crippen LogP contribution in [0.5, 0.6) is 5.75 Å². The van der Waals surface area contributed by atoms with Gasteiger partial charge in [-0.2, -0.15) is 13.2 Å². The van der Waals surface area contributed by atoms with Crippen LogP contribution in [0.2, 0.25) is 0 Å². The Hall–Kier alpha value is -7.67. The first-order valence-electron chi connectivity index (χ1n) is 38.6. The molecule has 1 spiro atoms. The molecule has 29 heteroatoms. The van der Waals surface area contributed by atoms with Crippen molar-refractivity contribution < 1.29 is 75.4 Å². The Labute approximate surface area is 655 Å². The Balaban J connectivity index is 1.35. The van der Waals surface area contributed by atoms with Gasteiger partial charge in [0.2, 0.25) is 65.0 Å². The summed E-state index contributed by atoms with van der Waals surface area (Å²) in [6.45, 7) is 14.4. The topological polar surface area (TPSA) is 271 Å². The molecule has 0 unspecified atom stereocenters. The van der Waals surface area contributed by atoms with Gasteiger partial charge in [0.25, 0.3) is 0 Å². The minimum absolute atomic E-state index is 0.000206. The molecule has 7 rings (SSSR count). The van der Waals surface area contributed by atoms with Gasteiger partial charge in [0.15, 0.2) is 0 Å². The van der Waals surface area contributed by atoms with Gasteiger partial charge in [0.1, 0.15) is 48.0 Å². The molecule has 0 aromatic heterocycles. The lowest BCUT2D eigenvalue weighted by molar-refractivity contribution is -0.153. The Bertz CT molecular complexity index is 3590. The first-order valence-corrected chi connectivity index (χ1v) is 39.6. The zero-order valence-electron chi connectivity index (χ0n) is 66.4. The molecular weight excluding hydrogens is 1520 g/mol. The maximum absolute atomic E-state index is 15.8. The zero-order chi connectivity index (χ0) is 80.6. The molecule has 2 aromatic rings. The molecule has 10 atom stereocenters. The minimum Gasteiger partial charge on any atom is -0.496 e. The van der Waals surface area contributed by atoms with Crippen molar-refractivity contribution in [2.24, 2.45) is 17.3 Å². The van der Waals surface area contributed by atoms with E-state index in [0.29, 0.717) is 68.9 Å². The average Bonchev–Trinajstić information content (AvgIpc) is 0.909. The summed E-state index contributed by atoms with van der Waals surface area (Å²) in [6, 6.07) is 0.864. The summed E-state index contributed by atoms with van der Waals surface area (Å²) in [5.41, 5.74) is -1.36. The van der Waals surface area contributed by atoms with Gasteiger partial charge in [-0.1, -0.05) is 89.8 Å². The number of halogens is 4. The highest BCUT2D eigenvalue weighted by molar-refractivity contribution is 14.1. The van der Waals surface area contributed by atoms with Gasteiger partial charge in [-0.3, -0.25) is 57.6 Å². The lowest BCUT2D eigenvalue weighted by atomic mass is 9.59. The van der Waals surface area contributed by atoms with Crippen LogP contribution in [0.1, 0.15) is 161 Å². The smallest absolute Gasteiger partial charge is 0.419 e. The molecule has 3 aliphatic heterocycles. The van der Waals surface area contributed by atoms with Crippen LogP contribution in [0, 0.1) is 20.8 Å². The average molecular weight is 1640 g/mol. The summed E-state index contributed by atoms with van der Waals surface area (Å²) in [5, 5.41) is 9.18. The normalized spacial score (nSPS) is 26.3. The third-order valence-electron chi connectivity index (χ3n) is 22.7. The lowest BCUT2D eigenvalue weighted by Crippen LogP contribution is -2.69. The van der Waals surface area contributed by atoms with E-state index in [4.69, 9.17) is 9.47 Å². The monoisotopic (exact) mass is 1640 g/mol. The first kappa shape index (κ1) is 88.5. The molecule has 11 amide bonds. The number of benzene rings is 2. The van der Waals surface area contributed by atoms with Crippen molar-refractivity contribution in [3.8, 4) is 5.75 Å². The molecule has 0 radical (unpaired) electrons. The van der Waals surface area contributed by atoms with E-state index in [2.05, 4.69) is 59.0 Å². The summed E-state index contributed by atoms with van der Waals surface area (Å²) in [7, 11) is 11.7. The largest absolute Gasteiger partial charge is 0.496 e. The van der Waals surface area contributed by atoms with Crippen LogP contribution in [0.25, 0.3) is 0 Å². The highest BCUT2D eigenvalue weighted by Gasteiger charge is 2.55. The molecule has 2 saturated heterocycles. The van der Waals surface area contributed by atoms with Crippen LogP contribution in [0.3, 0.4) is 0 Å². The van der Waals surface area contributed by atoms with Gasteiger partial charge in [-0.15, -0.1) is 6.58 Å². The van der Waals surface area contributed by atoms with Crippen LogP contribution < -0.4 is 20.7 Å². The fourth-order valence-electron chi connectivity index (χ4n) is 16.6. The van der Waals surface area contributed by atoms with E-state index >= 15 is 33.6 Å². The second-order valence-electron chi connectivity index (χ2n) is 31.5. The molecule has 2 bridgehead atoms. The second-order valence-corrected chi connectivity index (χ2v) is 32.7. The third kappa shape index (κ3) is 22.8. The number of amides is 11. The molecule has 604 valence electrons. The minimum atomic E-state index is -4.76. The van der Waals surface area contributed by atoms with E-state index in [1.54, 1.807) is 40.0 Å². The van der Waals surface area contributed by atoms with E-state index in [1.807, 2.05) is 49.2 Å². The van der Waals surface area contributed by atoms with Gasteiger partial charge in [0, 0.05) is 91.5 Å². The lowest BCUT2D eigenvalue weighted by Gasteiger charge is -2.56. The molecule has 2 aromatic carbocycles. The SMILES string of the molecule is C=CCCCC[C@H]1C(=O)N[C@@H]([C@@H](C)CC)C(=O)N(C)CC(=O)N(C)[C@H]2C/C=C\CCN(C2=O)[C@@H](Cc2ccc(I)cc2)C(=O)N(C)CC(=O)N[C@@H](CCc2ccc(C(F)(F)F)c(OC)c2)C(=O)N2C[C@H](OCC)C[C@H]2C(=O)NC2(CN(C)[C@@H](C3CCCC3)C(=O)N(C)[C@H](C(=O)N(C)CC)CC(=O)N1C)CC(C)(C)C2. The molecule has 4 fully saturated rings.